The summed E-state index contributed by atoms with van der Waals surface area (Å²) in [6, 6.07) is 11.5. The minimum atomic E-state index is -0.0826. The molecule has 3 rings (SSSR count). The van der Waals surface area contributed by atoms with Crippen LogP contribution in [0.1, 0.15) is 34.9 Å². The van der Waals surface area contributed by atoms with E-state index in [1.54, 1.807) is 19.1 Å². The average Bonchev–Trinajstić information content (AvgIpc) is 2.97. The predicted molar refractivity (Wildman–Crippen MR) is 108 cm³/mol. The van der Waals surface area contributed by atoms with E-state index in [2.05, 4.69) is 17.1 Å². The molecule has 7 nitrogen and oxygen atoms in total. The molecule has 0 aliphatic heterocycles. The van der Waals surface area contributed by atoms with E-state index in [1.165, 1.54) is 7.11 Å². The van der Waals surface area contributed by atoms with Crippen LogP contribution in [0, 0.1) is 40.9 Å². The summed E-state index contributed by atoms with van der Waals surface area (Å²) in [7, 11) is 1.52. The molecule has 142 valence electrons. The molecule has 1 aliphatic rings. The van der Waals surface area contributed by atoms with Gasteiger partial charge in [0.2, 0.25) is 0 Å². The lowest BCUT2D eigenvalue weighted by molar-refractivity contribution is 0.329. The van der Waals surface area contributed by atoms with Gasteiger partial charge in [-0.2, -0.15) is 15.8 Å². The van der Waals surface area contributed by atoms with Crippen LogP contribution in [0.4, 0.5) is 5.82 Å². The first-order valence-electron chi connectivity index (χ1n) is 8.68. The first kappa shape index (κ1) is 19.5. The second kappa shape index (κ2) is 7.76. The molecular formula is C22H17N5O2. The third kappa shape index (κ3) is 3.25. The first-order chi connectivity index (χ1) is 14.0. The Hall–Kier alpha value is -4.28. The van der Waals surface area contributed by atoms with E-state index in [9.17, 15) is 10.5 Å². The van der Waals surface area contributed by atoms with Crippen molar-refractivity contribution in [2.45, 2.75) is 13.8 Å². The summed E-state index contributed by atoms with van der Waals surface area (Å²) in [4.78, 5) is 4.32. The molecule has 1 aromatic heterocycles. The Morgan fingerprint density at radius 2 is 1.90 bits per heavy atom. The van der Waals surface area contributed by atoms with Crippen LogP contribution in [0.3, 0.4) is 0 Å². The second-order valence-corrected chi connectivity index (χ2v) is 6.36. The van der Waals surface area contributed by atoms with Crippen molar-refractivity contribution in [3.8, 4) is 29.7 Å². The standard InChI is InChI=1S/C22H17N5O2/c1-12-15(8-14-4-5-18(29-7-6-23)19(9-14)28-3)20-13(2)17(11-25)22(26)27-21(20)16(12)10-24/h4-5,8-9H,7H2,1-3H3,(H2,26,27)/b15-8-. The number of hydrogen-bond donors (Lipinski definition) is 1. The fraction of sp³-hybridized carbons (Fsp3) is 0.182. The molecule has 0 amide bonds. The van der Waals surface area contributed by atoms with Gasteiger partial charge in [-0.25, -0.2) is 4.98 Å². The van der Waals surface area contributed by atoms with E-state index in [0.29, 0.717) is 33.9 Å². The number of pyridine rings is 1. The van der Waals surface area contributed by atoms with Gasteiger partial charge in [0.15, 0.2) is 18.1 Å². The molecule has 1 heterocycles. The highest BCUT2D eigenvalue weighted by molar-refractivity contribution is 6.08. The Morgan fingerprint density at radius 1 is 1.14 bits per heavy atom. The van der Waals surface area contributed by atoms with Crippen molar-refractivity contribution in [1.29, 1.82) is 15.8 Å². The number of rotatable bonds is 4. The van der Waals surface area contributed by atoms with Gasteiger partial charge in [-0.05, 0) is 54.3 Å². The smallest absolute Gasteiger partial charge is 0.174 e. The van der Waals surface area contributed by atoms with Crippen LogP contribution < -0.4 is 15.2 Å². The van der Waals surface area contributed by atoms with Crippen LogP contribution in [-0.2, 0) is 0 Å². The normalized spacial score (nSPS) is 13.4. The van der Waals surface area contributed by atoms with Gasteiger partial charge in [0.1, 0.15) is 24.0 Å². The summed E-state index contributed by atoms with van der Waals surface area (Å²) in [6.07, 6.45) is 1.90. The molecule has 0 saturated heterocycles. The Balaban J connectivity index is 2.19. The van der Waals surface area contributed by atoms with Crippen molar-refractivity contribution in [3.63, 3.8) is 0 Å². The number of nitrogens with two attached hydrogens (primary N) is 1. The molecule has 0 spiro atoms. The van der Waals surface area contributed by atoms with Crippen LogP contribution >= 0.6 is 0 Å². The number of methoxy groups -OCH3 is 1. The fourth-order valence-electron chi connectivity index (χ4n) is 3.37. The zero-order valence-electron chi connectivity index (χ0n) is 16.2. The molecule has 0 saturated carbocycles. The maximum absolute atomic E-state index is 9.63. The molecule has 1 aliphatic carbocycles. The van der Waals surface area contributed by atoms with Gasteiger partial charge >= 0.3 is 0 Å². The molecular weight excluding hydrogens is 366 g/mol. The van der Waals surface area contributed by atoms with Crippen molar-refractivity contribution in [3.05, 3.63) is 51.7 Å². The largest absolute Gasteiger partial charge is 0.493 e. The maximum atomic E-state index is 9.63. The molecule has 29 heavy (non-hydrogen) atoms. The van der Waals surface area contributed by atoms with E-state index in [0.717, 1.165) is 22.3 Å². The predicted octanol–water partition coefficient (Wildman–Crippen LogP) is 3.61. The van der Waals surface area contributed by atoms with Gasteiger partial charge in [0, 0.05) is 5.56 Å². The second-order valence-electron chi connectivity index (χ2n) is 6.36. The summed E-state index contributed by atoms with van der Waals surface area (Å²) in [5.74, 6) is 1.07. The van der Waals surface area contributed by atoms with Crippen molar-refractivity contribution < 1.29 is 9.47 Å². The van der Waals surface area contributed by atoms with Crippen LogP contribution in [0.2, 0.25) is 0 Å². The zero-order chi connectivity index (χ0) is 21.1. The molecule has 2 aromatic rings. The number of nitrogen functional groups attached to an aromatic ring is 1. The molecule has 0 bridgehead atoms. The topological polar surface area (TPSA) is 129 Å². The molecule has 0 radical (unpaired) electrons. The number of ether oxygens (including phenoxy) is 2. The van der Waals surface area contributed by atoms with Gasteiger partial charge in [-0.3, -0.25) is 0 Å². The van der Waals surface area contributed by atoms with E-state index >= 15 is 0 Å². The quantitative estimate of drug-likeness (QED) is 0.853. The van der Waals surface area contributed by atoms with Gasteiger partial charge in [0.05, 0.1) is 23.9 Å². The Bertz CT molecular complexity index is 1200. The van der Waals surface area contributed by atoms with Gasteiger partial charge < -0.3 is 15.2 Å². The lowest BCUT2D eigenvalue weighted by atomic mass is 9.95. The number of aromatic nitrogens is 1. The van der Waals surface area contributed by atoms with Gasteiger partial charge in [-0.15, -0.1) is 0 Å². The van der Waals surface area contributed by atoms with Crippen molar-refractivity contribution in [2.24, 2.45) is 0 Å². The van der Waals surface area contributed by atoms with E-state index in [-0.39, 0.29) is 12.4 Å². The van der Waals surface area contributed by atoms with Crippen molar-refractivity contribution >= 4 is 23.0 Å². The Labute approximate surface area is 168 Å². The third-order valence-electron chi connectivity index (χ3n) is 4.77. The molecule has 1 aromatic carbocycles. The summed E-state index contributed by atoms with van der Waals surface area (Å²) in [5, 5.41) is 27.8. The summed E-state index contributed by atoms with van der Waals surface area (Å²) >= 11 is 0. The highest BCUT2D eigenvalue weighted by Gasteiger charge is 2.29. The highest BCUT2D eigenvalue weighted by atomic mass is 16.5. The van der Waals surface area contributed by atoms with E-state index < -0.39 is 0 Å². The average molecular weight is 383 g/mol. The number of nitrogens with zero attached hydrogens (tertiary/aromatic N) is 4. The summed E-state index contributed by atoms with van der Waals surface area (Å²) in [5.41, 5.74) is 10.9. The van der Waals surface area contributed by atoms with E-state index in [1.807, 2.05) is 25.1 Å². The Morgan fingerprint density at radius 3 is 2.52 bits per heavy atom. The molecule has 7 heteroatoms. The number of allylic oxidation sites excluding steroid dienone is 3. The van der Waals surface area contributed by atoms with Crippen LogP contribution in [0.25, 0.3) is 17.2 Å². The molecule has 0 unspecified atom stereocenters. The number of fused-ring (bicyclic) bond motifs is 1. The molecule has 0 atom stereocenters. The number of benzene rings is 1. The maximum Gasteiger partial charge on any atom is 0.174 e. The number of nitriles is 3. The Kier molecular flexibility index (Phi) is 5.21. The minimum absolute atomic E-state index is 0.0826. The van der Waals surface area contributed by atoms with Crippen molar-refractivity contribution in [1.82, 2.24) is 4.98 Å². The van der Waals surface area contributed by atoms with Crippen molar-refractivity contribution in [2.75, 3.05) is 19.5 Å². The van der Waals surface area contributed by atoms with Gasteiger partial charge in [0.25, 0.3) is 0 Å². The van der Waals surface area contributed by atoms with Crippen LogP contribution in [0.15, 0.2) is 23.8 Å². The van der Waals surface area contributed by atoms with Crippen LogP contribution in [0.5, 0.6) is 11.5 Å². The van der Waals surface area contributed by atoms with Crippen LogP contribution in [-0.4, -0.2) is 18.7 Å². The monoisotopic (exact) mass is 383 g/mol. The van der Waals surface area contributed by atoms with E-state index in [4.69, 9.17) is 20.5 Å². The number of anilines is 1. The zero-order valence-corrected chi connectivity index (χ0v) is 16.2. The summed E-state index contributed by atoms with van der Waals surface area (Å²) < 4.78 is 10.7. The minimum Gasteiger partial charge on any atom is -0.493 e. The number of hydrogen-bond acceptors (Lipinski definition) is 7. The molecule has 0 fully saturated rings. The van der Waals surface area contributed by atoms with Gasteiger partial charge in [-0.1, -0.05) is 6.07 Å². The lowest BCUT2D eigenvalue weighted by Gasteiger charge is -2.12. The molecule has 2 N–H and O–H groups in total. The lowest BCUT2D eigenvalue weighted by Crippen LogP contribution is -2.03. The first-order valence-corrected chi connectivity index (χ1v) is 8.68. The highest BCUT2D eigenvalue weighted by Crippen LogP contribution is 2.44. The third-order valence-corrected chi connectivity index (χ3v) is 4.77. The SMILES string of the molecule is COc1cc(/C=C2/C(C)=C(C#N)c3nc(N)c(C#N)c(C)c32)ccc1OCC#N. The summed E-state index contributed by atoms with van der Waals surface area (Å²) in [6.45, 7) is 3.56. The fourth-order valence-corrected chi connectivity index (χ4v) is 3.37.